The van der Waals surface area contributed by atoms with Crippen LogP contribution in [-0.4, -0.2) is 24.9 Å². The van der Waals surface area contributed by atoms with E-state index < -0.39 is 0 Å². The van der Waals surface area contributed by atoms with Crippen LogP contribution in [0.15, 0.2) is 42.8 Å². The van der Waals surface area contributed by atoms with Crippen LogP contribution in [0.4, 0.5) is 0 Å². The second-order valence-corrected chi connectivity index (χ2v) is 7.23. The van der Waals surface area contributed by atoms with Crippen LogP contribution in [-0.2, 0) is 0 Å². The minimum absolute atomic E-state index is 0.0284. The van der Waals surface area contributed by atoms with Crippen molar-refractivity contribution in [1.82, 2.24) is 19.5 Å². The van der Waals surface area contributed by atoms with E-state index in [4.69, 9.17) is 46.4 Å². The highest BCUT2D eigenvalue weighted by molar-refractivity contribution is 6.36. The second kappa shape index (κ2) is 6.61. The van der Waals surface area contributed by atoms with Crippen molar-refractivity contribution in [2.24, 2.45) is 0 Å². The summed E-state index contributed by atoms with van der Waals surface area (Å²) in [6.45, 7) is 0. The summed E-state index contributed by atoms with van der Waals surface area (Å²) in [5.74, 6) is 0.614. The highest BCUT2D eigenvalue weighted by Gasteiger charge is 2.21. The van der Waals surface area contributed by atoms with Crippen molar-refractivity contribution >= 4 is 63.3 Å². The molecule has 1 aliphatic carbocycles. The summed E-state index contributed by atoms with van der Waals surface area (Å²) in [5.41, 5.74) is 2.73. The van der Waals surface area contributed by atoms with Crippen molar-refractivity contribution in [3.05, 3.63) is 58.0 Å². The monoisotopic (exact) mass is 410 g/mol. The molecule has 1 aliphatic rings. The molecular weight excluding hydrogens is 402 g/mol. The third-order valence-electron chi connectivity index (χ3n) is 3.86. The zero-order valence-electron chi connectivity index (χ0n) is 12.6. The molecule has 0 N–H and O–H groups in total. The largest absolute Gasteiger partial charge is 0.277 e. The van der Waals surface area contributed by atoms with Crippen molar-refractivity contribution in [3.63, 3.8) is 0 Å². The molecule has 8 heteroatoms. The quantitative estimate of drug-likeness (QED) is 0.391. The molecule has 0 saturated heterocycles. The molecule has 2 heterocycles. The van der Waals surface area contributed by atoms with E-state index in [1.54, 1.807) is 12.1 Å². The van der Waals surface area contributed by atoms with Crippen LogP contribution in [0.5, 0.6) is 0 Å². The van der Waals surface area contributed by atoms with Gasteiger partial charge in [0, 0.05) is 16.3 Å². The predicted molar refractivity (Wildman–Crippen MR) is 103 cm³/mol. The van der Waals surface area contributed by atoms with Crippen LogP contribution in [0, 0.1) is 0 Å². The summed E-state index contributed by atoms with van der Waals surface area (Å²) in [6, 6.07) is 5.26. The zero-order chi connectivity index (χ0) is 17.6. The molecule has 0 spiro atoms. The van der Waals surface area contributed by atoms with Gasteiger partial charge in [0.05, 0.1) is 10.4 Å². The normalized spacial score (nSPS) is 17.1. The van der Waals surface area contributed by atoms with E-state index in [0.29, 0.717) is 33.5 Å². The van der Waals surface area contributed by atoms with E-state index in [0.717, 1.165) is 11.3 Å². The van der Waals surface area contributed by atoms with Gasteiger partial charge >= 0.3 is 0 Å². The van der Waals surface area contributed by atoms with Crippen LogP contribution >= 0.6 is 46.4 Å². The Bertz CT molecular complexity index is 1040. The van der Waals surface area contributed by atoms with E-state index in [1.807, 2.05) is 28.9 Å². The Kier molecular flexibility index (Phi) is 4.46. The number of aromatic nitrogens is 4. The van der Waals surface area contributed by atoms with Crippen LogP contribution in [0.1, 0.15) is 6.42 Å². The van der Waals surface area contributed by atoms with Gasteiger partial charge < -0.3 is 0 Å². The van der Waals surface area contributed by atoms with Crippen LogP contribution < -0.4 is 0 Å². The fourth-order valence-electron chi connectivity index (χ4n) is 2.71. The average Bonchev–Trinajstić information content (AvgIpc) is 2.96. The minimum Gasteiger partial charge on any atom is -0.277 e. The molecule has 1 aromatic carbocycles. The van der Waals surface area contributed by atoms with Crippen molar-refractivity contribution in [2.75, 3.05) is 0 Å². The summed E-state index contributed by atoms with van der Waals surface area (Å²) in [7, 11) is 0. The maximum atomic E-state index is 6.40. The molecular formula is C17H10Cl4N4. The minimum atomic E-state index is -0.0284. The molecule has 0 radical (unpaired) electrons. The van der Waals surface area contributed by atoms with E-state index in [2.05, 4.69) is 15.0 Å². The number of nitrogens with zero attached hydrogens (tertiary/aromatic N) is 4. The Labute approximate surface area is 163 Å². The third kappa shape index (κ3) is 3.04. The number of hydrogen-bond acceptors (Lipinski definition) is 3. The van der Waals surface area contributed by atoms with Gasteiger partial charge in [0.25, 0.3) is 0 Å². The number of fused-ring (bicyclic) bond motifs is 1. The van der Waals surface area contributed by atoms with E-state index in [-0.39, 0.29) is 10.5 Å². The maximum absolute atomic E-state index is 6.40. The summed E-state index contributed by atoms with van der Waals surface area (Å²) >= 11 is 24.8. The summed E-state index contributed by atoms with van der Waals surface area (Å²) in [5, 5.41) is 1.30. The van der Waals surface area contributed by atoms with Gasteiger partial charge in [-0.15, -0.1) is 11.6 Å². The highest BCUT2D eigenvalue weighted by atomic mass is 35.5. The van der Waals surface area contributed by atoms with Crippen molar-refractivity contribution in [3.8, 4) is 11.4 Å². The number of benzene rings is 1. The first kappa shape index (κ1) is 16.9. The summed E-state index contributed by atoms with van der Waals surface area (Å²) in [6.07, 6.45) is 8.01. The molecule has 25 heavy (non-hydrogen) atoms. The third-order valence-corrected chi connectivity index (χ3v) is 5.01. The second-order valence-electron chi connectivity index (χ2n) is 5.47. The Hall–Kier alpha value is -1.59. The number of allylic oxidation sites excluding steroid dienone is 4. The standard InChI is InChI=1S/C17H10Cl4N4/c18-9-1-4-11(5-2-9)25-16(12-6-3-10(19)7-13(12)20)24-14-15(21)22-8-23-17(14)25/h1,3-9H,2H2. The van der Waals surface area contributed by atoms with Gasteiger partial charge in [0.15, 0.2) is 10.8 Å². The molecule has 4 nitrogen and oxygen atoms in total. The Morgan fingerprint density at radius 2 is 1.96 bits per heavy atom. The fourth-order valence-corrected chi connectivity index (χ4v) is 3.53. The Balaban J connectivity index is 2.02. The lowest BCUT2D eigenvalue weighted by Gasteiger charge is -2.15. The van der Waals surface area contributed by atoms with Gasteiger partial charge in [-0.3, -0.25) is 4.57 Å². The molecule has 2 aromatic heterocycles. The molecule has 4 rings (SSSR count). The first-order valence-corrected chi connectivity index (χ1v) is 8.99. The van der Waals surface area contributed by atoms with Gasteiger partial charge in [-0.05, 0) is 30.7 Å². The van der Waals surface area contributed by atoms with Crippen LogP contribution in [0.25, 0.3) is 28.2 Å². The number of rotatable bonds is 2. The average molecular weight is 412 g/mol. The van der Waals surface area contributed by atoms with Gasteiger partial charge in [0.2, 0.25) is 0 Å². The lowest BCUT2D eigenvalue weighted by atomic mass is 10.1. The molecule has 1 atom stereocenters. The first-order valence-electron chi connectivity index (χ1n) is 7.42. The number of hydrogen-bond donors (Lipinski definition) is 0. The highest BCUT2D eigenvalue weighted by Crippen LogP contribution is 2.35. The van der Waals surface area contributed by atoms with Crippen LogP contribution in [0.2, 0.25) is 15.2 Å². The topological polar surface area (TPSA) is 43.6 Å². The summed E-state index contributed by atoms with van der Waals surface area (Å²) in [4.78, 5) is 13.0. The maximum Gasteiger partial charge on any atom is 0.169 e. The first-order chi connectivity index (χ1) is 12.0. The lowest BCUT2D eigenvalue weighted by Crippen LogP contribution is -2.05. The molecule has 0 fully saturated rings. The van der Waals surface area contributed by atoms with Crippen LogP contribution in [0.3, 0.4) is 0 Å². The smallest absolute Gasteiger partial charge is 0.169 e. The Morgan fingerprint density at radius 1 is 1.12 bits per heavy atom. The molecule has 1 unspecified atom stereocenters. The Morgan fingerprint density at radius 3 is 2.68 bits per heavy atom. The summed E-state index contributed by atoms with van der Waals surface area (Å²) < 4.78 is 1.90. The molecule has 0 bridgehead atoms. The van der Waals surface area contributed by atoms with E-state index in [9.17, 15) is 0 Å². The fraction of sp³-hybridized carbons (Fsp3) is 0.118. The molecule has 0 amide bonds. The van der Waals surface area contributed by atoms with E-state index >= 15 is 0 Å². The number of alkyl halides is 1. The molecule has 3 aromatic rings. The van der Waals surface area contributed by atoms with Gasteiger partial charge in [-0.25, -0.2) is 15.0 Å². The predicted octanol–water partition coefficient (Wildman–Crippen LogP) is 5.86. The molecule has 0 saturated carbocycles. The zero-order valence-corrected chi connectivity index (χ0v) is 15.7. The van der Waals surface area contributed by atoms with Crippen molar-refractivity contribution < 1.29 is 0 Å². The van der Waals surface area contributed by atoms with Crippen molar-refractivity contribution in [1.29, 1.82) is 0 Å². The van der Waals surface area contributed by atoms with Crippen molar-refractivity contribution in [2.45, 2.75) is 11.8 Å². The number of halogens is 4. The molecule has 126 valence electrons. The lowest BCUT2D eigenvalue weighted by molar-refractivity contribution is 1.01. The van der Waals surface area contributed by atoms with Gasteiger partial charge in [-0.1, -0.05) is 47.0 Å². The van der Waals surface area contributed by atoms with Gasteiger partial charge in [-0.2, -0.15) is 0 Å². The van der Waals surface area contributed by atoms with E-state index in [1.165, 1.54) is 6.33 Å². The molecule has 0 aliphatic heterocycles. The number of imidazole rings is 1. The SMILES string of the molecule is Clc1ccc(-c2nc3c(Cl)ncnc3n2C2=CCC(Cl)C=C2)c(Cl)c1. The van der Waals surface area contributed by atoms with Gasteiger partial charge in [0.1, 0.15) is 17.7 Å².